The van der Waals surface area contributed by atoms with Crippen LogP contribution in [0.3, 0.4) is 0 Å². The van der Waals surface area contributed by atoms with E-state index in [0.29, 0.717) is 6.54 Å². The summed E-state index contributed by atoms with van der Waals surface area (Å²) in [4.78, 5) is 28.8. The van der Waals surface area contributed by atoms with E-state index in [1.54, 1.807) is 9.80 Å². The van der Waals surface area contributed by atoms with Crippen molar-refractivity contribution in [3.05, 3.63) is 11.1 Å². The number of nitrogens with zero attached hydrogens (tertiary/aromatic N) is 2. The van der Waals surface area contributed by atoms with Crippen LogP contribution in [0.25, 0.3) is 0 Å². The number of halogens is 1. The zero-order chi connectivity index (χ0) is 14.2. The van der Waals surface area contributed by atoms with Gasteiger partial charge in [0.25, 0.3) is 0 Å². The summed E-state index contributed by atoms with van der Waals surface area (Å²) in [5, 5.41) is 0. The molecule has 2 saturated heterocycles. The fourth-order valence-corrected chi connectivity index (χ4v) is 3.36. The van der Waals surface area contributed by atoms with Crippen molar-refractivity contribution in [2.75, 3.05) is 13.1 Å². The molecule has 2 amide bonds. The summed E-state index contributed by atoms with van der Waals surface area (Å²) in [7, 11) is 0. The predicted octanol–water partition coefficient (Wildman–Crippen LogP) is 2.14. The minimum atomic E-state index is -0.351. The van der Waals surface area contributed by atoms with Crippen LogP contribution >= 0.6 is 15.9 Å². The maximum atomic E-state index is 12.6. The Bertz CT molecular complexity index is 408. The van der Waals surface area contributed by atoms with E-state index in [1.807, 2.05) is 13.8 Å². The Hall–Kier alpha value is -0.840. The summed E-state index contributed by atoms with van der Waals surface area (Å²) < 4.78 is 0.739. The number of hydrogen-bond acceptors (Lipinski definition) is 2. The van der Waals surface area contributed by atoms with Gasteiger partial charge in [-0.3, -0.25) is 9.59 Å². The lowest BCUT2D eigenvalue weighted by molar-refractivity contribution is -0.165. The Kier molecular flexibility index (Phi) is 4.33. The largest absolute Gasteiger partial charge is 0.329 e. The zero-order valence-electron chi connectivity index (χ0n) is 11.6. The highest BCUT2D eigenvalue weighted by molar-refractivity contribution is 9.11. The average Bonchev–Trinajstić information content (AvgIpc) is 2.35. The molecule has 19 heavy (non-hydrogen) atoms. The summed E-state index contributed by atoms with van der Waals surface area (Å²) in [6.45, 7) is 8.92. The number of carbonyl (C=O) groups excluding carboxylic acids is 2. The first-order chi connectivity index (χ1) is 8.93. The molecule has 0 aromatic heterocycles. The maximum absolute atomic E-state index is 12.6. The van der Waals surface area contributed by atoms with E-state index in [0.717, 1.165) is 30.3 Å². The molecular formula is C14H21BrN2O2. The number of rotatable bonds is 3. The summed E-state index contributed by atoms with van der Waals surface area (Å²) in [5.41, 5.74) is 0. The Morgan fingerprint density at radius 1 is 1.37 bits per heavy atom. The minimum Gasteiger partial charge on any atom is -0.329 e. The molecule has 0 N–H and O–H groups in total. The molecule has 2 fully saturated rings. The molecule has 4 nitrogen and oxygen atoms in total. The van der Waals surface area contributed by atoms with E-state index in [-0.39, 0.29) is 29.8 Å². The highest BCUT2D eigenvalue weighted by Crippen LogP contribution is 2.29. The number of amides is 2. The van der Waals surface area contributed by atoms with Crippen LogP contribution in [0.5, 0.6) is 0 Å². The first-order valence-corrected chi connectivity index (χ1v) is 7.67. The molecular weight excluding hydrogens is 308 g/mol. The van der Waals surface area contributed by atoms with Crippen LogP contribution in [0.4, 0.5) is 0 Å². The van der Waals surface area contributed by atoms with Crippen molar-refractivity contribution in [1.29, 1.82) is 0 Å². The quantitative estimate of drug-likeness (QED) is 0.796. The molecule has 2 atom stereocenters. The third-order valence-electron chi connectivity index (χ3n) is 3.92. The summed E-state index contributed by atoms with van der Waals surface area (Å²) in [6, 6.07) is -0.598. The van der Waals surface area contributed by atoms with E-state index in [4.69, 9.17) is 0 Å². The Morgan fingerprint density at radius 2 is 2.05 bits per heavy atom. The van der Waals surface area contributed by atoms with Crippen LogP contribution in [-0.4, -0.2) is 46.8 Å². The SMILES string of the molecule is C=C(Br)CN1C(=O)C2CCCCN2C(=O)C1C(C)C. The highest BCUT2D eigenvalue weighted by atomic mass is 79.9. The van der Waals surface area contributed by atoms with Gasteiger partial charge in [-0.2, -0.15) is 0 Å². The van der Waals surface area contributed by atoms with Gasteiger partial charge in [-0.05, 0) is 25.2 Å². The fraction of sp³-hybridized carbons (Fsp3) is 0.714. The van der Waals surface area contributed by atoms with E-state index < -0.39 is 0 Å². The van der Waals surface area contributed by atoms with Crippen molar-refractivity contribution in [3.63, 3.8) is 0 Å². The lowest BCUT2D eigenvalue weighted by atomic mass is 9.91. The molecule has 0 radical (unpaired) electrons. The number of piperazine rings is 1. The number of hydrogen-bond donors (Lipinski definition) is 0. The molecule has 2 aliphatic rings. The van der Waals surface area contributed by atoms with Gasteiger partial charge >= 0.3 is 0 Å². The summed E-state index contributed by atoms with van der Waals surface area (Å²) >= 11 is 3.31. The third-order valence-corrected chi connectivity index (χ3v) is 4.17. The molecule has 0 aliphatic carbocycles. The fourth-order valence-electron chi connectivity index (χ4n) is 3.09. The molecule has 106 valence electrons. The average molecular weight is 329 g/mol. The van der Waals surface area contributed by atoms with Crippen LogP contribution in [0, 0.1) is 5.92 Å². The van der Waals surface area contributed by atoms with Gasteiger partial charge in [0.1, 0.15) is 12.1 Å². The summed E-state index contributed by atoms with van der Waals surface area (Å²) in [6.07, 6.45) is 2.82. The smallest absolute Gasteiger partial charge is 0.246 e. The van der Waals surface area contributed by atoms with Crippen molar-refractivity contribution < 1.29 is 9.59 Å². The van der Waals surface area contributed by atoms with Crippen LogP contribution in [-0.2, 0) is 9.59 Å². The molecule has 2 rings (SSSR count). The van der Waals surface area contributed by atoms with Crippen LogP contribution < -0.4 is 0 Å². The van der Waals surface area contributed by atoms with Gasteiger partial charge in [0.15, 0.2) is 0 Å². The van der Waals surface area contributed by atoms with E-state index in [2.05, 4.69) is 22.5 Å². The van der Waals surface area contributed by atoms with E-state index >= 15 is 0 Å². The van der Waals surface area contributed by atoms with Crippen LogP contribution in [0.2, 0.25) is 0 Å². The maximum Gasteiger partial charge on any atom is 0.246 e. The Labute approximate surface area is 122 Å². The second kappa shape index (κ2) is 5.65. The van der Waals surface area contributed by atoms with Crippen LogP contribution in [0.1, 0.15) is 33.1 Å². The molecule has 0 spiro atoms. The Morgan fingerprint density at radius 3 is 2.63 bits per heavy atom. The third kappa shape index (κ3) is 2.71. The zero-order valence-corrected chi connectivity index (χ0v) is 13.1. The number of carbonyl (C=O) groups is 2. The molecule has 5 heteroatoms. The molecule has 0 saturated carbocycles. The second-order valence-electron chi connectivity index (χ2n) is 5.72. The van der Waals surface area contributed by atoms with Gasteiger partial charge in [0.2, 0.25) is 11.8 Å². The minimum absolute atomic E-state index is 0.0820. The molecule has 0 aromatic carbocycles. The van der Waals surface area contributed by atoms with Crippen molar-refractivity contribution >= 4 is 27.7 Å². The molecule has 2 unspecified atom stereocenters. The van der Waals surface area contributed by atoms with E-state index in [1.165, 1.54) is 0 Å². The lowest BCUT2D eigenvalue weighted by Crippen LogP contribution is -2.67. The van der Waals surface area contributed by atoms with Gasteiger partial charge in [0.05, 0.1) is 6.54 Å². The second-order valence-corrected chi connectivity index (χ2v) is 6.84. The Balaban J connectivity index is 2.31. The van der Waals surface area contributed by atoms with Gasteiger partial charge in [-0.25, -0.2) is 0 Å². The predicted molar refractivity (Wildman–Crippen MR) is 77.8 cm³/mol. The highest BCUT2D eigenvalue weighted by Gasteiger charge is 2.47. The van der Waals surface area contributed by atoms with Gasteiger partial charge < -0.3 is 9.80 Å². The molecule has 0 aromatic rings. The van der Waals surface area contributed by atoms with Gasteiger partial charge in [-0.15, -0.1) is 0 Å². The van der Waals surface area contributed by atoms with Crippen molar-refractivity contribution in [2.24, 2.45) is 5.92 Å². The van der Waals surface area contributed by atoms with Crippen molar-refractivity contribution in [1.82, 2.24) is 9.80 Å². The standard InChI is InChI=1S/C14H21BrN2O2/c1-9(2)12-14(19)16-7-5-4-6-11(16)13(18)17(12)8-10(3)15/h9,11-12H,3-8H2,1-2H3. The van der Waals surface area contributed by atoms with Crippen molar-refractivity contribution in [2.45, 2.75) is 45.2 Å². The normalized spacial score (nSPS) is 27.8. The molecule has 2 aliphatic heterocycles. The monoisotopic (exact) mass is 328 g/mol. The van der Waals surface area contributed by atoms with Gasteiger partial charge in [-0.1, -0.05) is 36.4 Å². The summed E-state index contributed by atoms with van der Waals surface area (Å²) in [5.74, 6) is 0.304. The van der Waals surface area contributed by atoms with Crippen LogP contribution in [0.15, 0.2) is 11.1 Å². The van der Waals surface area contributed by atoms with Gasteiger partial charge in [0, 0.05) is 11.0 Å². The number of fused-ring (bicyclic) bond motifs is 1. The number of piperidine rings is 1. The molecule has 2 heterocycles. The first-order valence-electron chi connectivity index (χ1n) is 6.87. The lowest BCUT2D eigenvalue weighted by Gasteiger charge is -2.48. The van der Waals surface area contributed by atoms with Crippen molar-refractivity contribution in [3.8, 4) is 0 Å². The first kappa shape index (κ1) is 14.6. The topological polar surface area (TPSA) is 40.6 Å². The molecule has 0 bridgehead atoms. The van der Waals surface area contributed by atoms with E-state index in [9.17, 15) is 9.59 Å².